The van der Waals surface area contributed by atoms with Crippen molar-refractivity contribution in [3.8, 4) is 0 Å². The van der Waals surface area contributed by atoms with E-state index in [0.717, 1.165) is 25.6 Å². The van der Waals surface area contributed by atoms with Crippen LogP contribution in [-0.2, 0) is 9.53 Å². The first-order valence-electron chi connectivity index (χ1n) is 7.07. The summed E-state index contributed by atoms with van der Waals surface area (Å²) >= 11 is 0. The molecular formula is C14H28N2O2. The van der Waals surface area contributed by atoms with E-state index in [1.54, 1.807) is 0 Å². The van der Waals surface area contributed by atoms with E-state index >= 15 is 0 Å². The molecule has 4 heteroatoms. The van der Waals surface area contributed by atoms with Crippen LogP contribution in [0.5, 0.6) is 0 Å². The molecule has 0 heterocycles. The number of rotatable bonds is 8. The van der Waals surface area contributed by atoms with Crippen LogP contribution in [0.1, 0.15) is 47.0 Å². The summed E-state index contributed by atoms with van der Waals surface area (Å²) in [5.74, 6) is -0.164. The SMILES string of the molecule is CCNC(C)(CC(C)N(CC)C1CC1)C(=O)OC. The van der Waals surface area contributed by atoms with Crippen molar-refractivity contribution in [3.63, 3.8) is 0 Å². The van der Waals surface area contributed by atoms with Gasteiger partial charge in [0.25, 0.3) is 0 Å². The van der Waals surface area contributed by atoms with E-state index in [2.05, 4.69) is 24.1 Å². The molecule has 0 radical (unpaired) electrons. The summed E-state index contributed by atoms with van der Waals surface area (Å²) in [6.45, 7) is 10.2. The standard InChI is InChI=1S/C14H28N2O2/c1-6-15-14(4,13(17)18-5)10-11(3)16(7-2)12-8-9-12/h11-12,15H,6-10H2,1-5H3. The van der Waals surface area contributed by atoms with Crippen molar-refractivity contribution >= 4 is 5.97 Å². The lowest BCUT2D eigenvalue weighted by Gasteiger charge is -2.35. The molecule has 0 aromatic carbocycles. The van der Waals surface area contributed by atoms with Gasteiger partial charge in [0.2, 0.25) is 0 Å². The molecule has 18 heavy (non-hydrogen) atoms. The maximum atomic E-state index is 12.0. The number of likely N-dealkylation sites (N-methyl/N-ethyl adjacent to an activating group) is 1. The van der Waals surface area contributed by atoms with Crippen molar-refractivity contribution in [2.24, 2.45) is 0 Å². The van der Waals surface area contributed by atoms with Crippen LogP contribution in [0.2, 0.25) is 0 Å². The minimum atomic E-state index is -0.578. The van der Waals surface area contributed by atoms with Gasteiger partial charge >= 0.3 is 5.97 Å². The fourth-order valence-corrected chi connectivity index (χ4v) is 2.89. The molecule has 1 saturated carbocycles. The molecule has 0 amide bonds. The Morgan fingerprint density at radius 3 is 2.50 bits per heavy atom. The molecule has 0 aliphatic heterocycles. The normalized spacial score (nSPS) is 20.6. The molecular weight excluding hydrogens is 228 g/mol. The second-order valence-electron chi connectivity index (χ2n) is 5.47. The van der Waals surface area contributed by atoms with Gasteiger partial charge in [-0.1, -0.05) is 13.8 Å². The van der Waals surface area contributed by atoms with E-state index in [-0.39, 0.29) is 5.97 Å². The van der Waals surface area contributed by atoms with Crippen molar-refractivity contribution in [3.05, 3.63) is 0 Å². The number of hydrogen-bond acceptors (Lipinski definition) is 4. The van der Waals surface area contributed by atoms with Crippen molar-refractivity contribution in [1.29, 1.82) is 0 Å². The zero-order chi connectivity index (χ0) is 13.8. The minimum Gasteiger partial charge on any atom is -0.468 e. The van der Waals surface area contributed by atoms with Gasteiger partial charge in [0.1, 0.15) is 5.54 Å². The molecule has 4 nitrogen and oxygen atoms in total. The van der Waals surface area contributed by atoms with E-state index in [1.807, 2.05) is 13.8 Å². The fraction of sp³-hybridized carbons (Fsp3) is 0.929. The Labute approximate surface area is 111 Å². The summed E-state index contributed by atoms with van der Waals surface area (Å²) in [6, 6.07) is 1.12. The molecule has 0 aromatic heterocycles. The topological polar surface area (TPSA) is 41.6 Å². The van der Waals surface area contributed by atoms with Gasteiger partial charge in [0.15, 0.2) is 0 Å². The number of ether oxygens (including phenoxy) is 1. The number of carbonyl (C=O) groups is 1. The second kappa shape index (κ2) is 6.53. The number of carbonyl (C=O) groups excluding carboxylic acids is 1. The Hall–Kier alpha value is -0.610. The number of nitrogens with zero attached hydrogens (tertiary/aromatic N) is 1. The third-order valence-electron chi connectivity index (χ3n) is 3.85. The lowest BCUT2D eigenvalue weighted by molar-refractivity contribution is -0.148. The van der Waals surface area contributed by atoms with Crippen LogP contribution in [-0.4, -0.2) is 48.7 Å². The average Bonchev–Trinajstić information content (AvgIpc) is 3.13. The van der Waals surface area contributed by atoms with E-state index < -0.39 is 5.54 Å². The van der Waals surface area contributed by atoms with E-state index in [0.29, 0.717) is 6.04 Å². The van der Waals surface area contributed by atoms with Gasteiger partial charge in [0.05, 0.1) is 7.11 Å². The van der Waals surface area contributed by atoms with Gasteiger partial charge < -0.3 is 10.1 Å². The van der Waals surface area contributed by atoms with Gasteiger partial charge in [0, 0.05) is 12.1 Å². The highest BCUT2D eigenvalue weighted by molar-refractivity contribution is 5.80. The monoisotopic (exact) mass is 256 g/mol. The molecule has 0 bridgehead atoms. The highest BCUT2D eigenvalue weighted by Crippen LogP contribution is 2.30. The predicted molar refractivity (Wildman–Crippen MR) is 73.6 cm³/mol. The van der Waals surface area contributed by atoms with Crippen LogP contribution < -0.4 is 5.32 Å². The van der Waals surface area contributed by atoms with Gasteiger partial charge in [-0.25, -0.2) is 0 Å². The van der Waals surface area contributed by atoms with Crippen LogP contribution in [0.15, 0.2) is 0 Å². The fourth-order valence-electron chi connectivity index (χ4n) is 2.89. The lowest BCUT2D eigenvalue weighted by atomic mass is 9.92. The van der Waals surface area contributed by atoms with Crippen molar-refractivity contribution in [2.75, 3.05) is 20.2 Å². The Morgan fingerprint density at radius 2 is 2.11 bits per heavy atom. The second-order valence-corrected chi connectivity index (χ2v) is 5.47. The zero-order valence-electron chi connectivity index (χ0n) is 12.5. The Morgan fingerprint density at radius 1 is 1.50 bits per heavy atom. The maximum absolute atomic E-state index is 12.0. The van der Waals surface area contributed by atoms with Crippen LogP contribution >= 0.6 is 0 Å². The number of methoxy groups -OCH3 is 1. The highest BCUT2D eigenvalue weighted by Gasteiger charge is 2.39. The smallest absolute Gasteiger partial charge is 0.325 e. The molecule has 106 valence electrons. The molecule has 2 unspecified atom stereocenters. The summed E-state index contributed by atoms with van der Waals surface area (Å²) in [7, 11) is 1.46. The average molecular weight is 256 g/mol. The molecule has 1 aliphatic carbocycles. The molecule has 1 aliphatic rings. The lowest BCUT2D eigenvalue weighted by Crippen LogP contribution is -2.54. The van der Waals surface area contributed by atoms with Gasteiger partial charge in [-0.05, 0) is 46.2 Å². The molecule has 0 aromatic rings. The zero-order valence-corrected chi connectivity index (χ0v) is 12.5. The van der Waals surface area contributed by atoms with Crippen LogP contribution in [0, 0.1) is 0 Å². The van der Waals surface area contributed by atoms with Crippen molar-refractivity contribution < 1.29 is 9.53 Å². The third-order valence-corrected chi connectivity index (χ3v) is 3.85. The molecule has 1 fully saturated rings. The van der Waals surface area contributed by atoms with Crippen molar-refractivity contribution in [2.45, 2.75) is 64.6 Å². The molecule has 1 rings (SSSR count). The Kier molecular flexibility index (Phi) is 5.60. The van der Waals surface area contributed by atoms with E-state index in [9.17, 15) is 4.79 Å². The van der Waals surface area contributed by atoms with Gasteiger partial charge in [-0.15, -0.1) is 0 Å². The Bertz CT molecular complexity index is 279. The van der Waals surface area contributed by atoms with E-state index in [1.165, 1.54) is 20.0 Å². The van der Waals surface area contributed by atoms with E-state index in [4.69, 9.17) is 4.74 Å². The number of esters is 1. The molecule has 0 saturated heterocycles. The number of hydrogen-bond donors (Lipinski definition) is 1. The summed E-state index contributed by atoms with van der Waals surface area (Å²) in [5, 5.41) is 3.28. The first-order valence-corrected chi connectivity index (χ1v) is 7.07. The quantitative estimate of drug-likeness (QED) is 0.672. The molecule has 1 N–H and O–H groups in total. The van der Waals surface area contributed by atoms with Crippen LogP contribution in [0.3, 0.4) is 0 Å². The predicted octanol–water partition coefficient (Wildman–Crippen LogP) is 1.79. The van der Waals surface area contributed by atoms with Crippen molar-refractivity contribution in [1.82, 2.24) is 10.2 Å². The third kappa shape index (κ3) is 3.69. The minimum absolute atomic E-state index is 0.164. The first-order chi connectivity index (χ1) is 8.48. The maximum Gasteiger partial charge on any atom is 0.325 e. The number of nitrogens with one attached hydrogen (secondary N) is 1. The summed E-state index contributed by atoms with van der Waals surface area (Å²) < 4.78 is 4.94. The largest absolute Gasteiger partial charge is 0.468 e. The highest BCUT2D eigenvalue weighted by atomic mass is 16.5. The first kappa shape index (κ1) is 15.4. The van der Waals surface area contributed by atoms with Crippen LogP contribution in [0.25, 0.3) is 0 Å². The van der Waals surface area contributed by atoms with Gasteiger partial charge in [-0.3, -0.25) is 9.69 Å². The Balaban J connectivity index is 2.66. The summed E-state index contributed by atoms with van der Waals surface area (Å²) in [5.41, 5.74) is -0.578. The summed E-state index contributed by atoms with van der Waals surface area (Å²) in [4.78, 5) is 14.5. The molecule has 2 atom stereocenters. The van der Waals surface area contributed by atoms with Crippen LogP contribution in [0.4, 0.5) is 0 Å². The van der Waals surface area contributed by atoms with Gasteiger partial charge in [-0.2, -0.15) is 0 Å². The summed E-state index contributed by atoms with van der Waals surface area (Å²) in [6.07, 6.45) is 3.39. The molecule has 0 spiro atoms.